The molecule has 12 heavy (non-hydrogen) atoms. The predicted octanol–water partition coefficient (Wildman–Crippen LogP) is 2.50. The number of phenols is 1. The van der Waals surface area contributed by atoms with Crippen LogP contribution in [0.4, 0.5) is 0 Å². The highest BCUT2D eigenvalue weighted by Crippen LogP contribution is 2.22. The zero-order valence-electron chi connectivity index (χ0n) is 6.42. The molecule has 0 aliphatic heterocycles. The first-order chi connectivity index (χ1) is 5.74. The minimum Gasteiger partial charge on any atom is -0.508 e. The summed E-state index contributed by atoms with van der Waals surface area (Å²) in [6.45, 7) is 0. The molecule has 0 amide bonds. The molecular formula is C9H8ClNO. The summed E-state index contributed by atoms with van der Waals surface area (Å²) in [7, 11) is 0. The van der Waals surface area contributed by atoms with Crippen molar-refractivity contribution in [2.24, 2.45) is 0 Å². The molecule has 62 valence electrons. The minimum absolute atomic E-state index is 0.165. The van der Waals surface area contributed by atoms with Crippen molar-refractivity contribution in [2.45, 2.75) is 12.8 Å². The van der Waals surface area contributed by atoms with Crippen molar-refractivity contribution >= 4 is 11.6 Å². The third kappa shape index (κ3) is 2.14. The van der Waals surface area contributed by atoms with E-state index in [0.29, 0.717) is 17.9 Å². The summed E-state index contributed by atoms with van der Waals surface area (Å²) in [5.41, 5.74) is 0.765. The van der Waals surface area contributed by atoms with Gasteiger partial charge in [-0.1, -0.05) is 17.7 Å². The number of halogens is 1. The van der Waals surface area contributed by atoms with E-state index < -0.39 is 0 Å². The lowest BCUT2D eigenvalue weighted by molar-refractivity contribution is 0.468. The smallest absolute Gasteiger partial charge is 0.120 e. The van der Waals surface area contributed by atoms with Gasteiger partial charge in [-0.25, -0.2) is 0 Å². The van der Waals surface area contributed by atoms with Crippen LogP contribution >= 0.6 is 11.6 Å². The van der Waals surface area contributed by atoms with E-state index in [4.69, 9.17) is 16.9 Å². The van der Waals surface area contributed by atoms with Crippen molar-refractivity contribution in [3.8, 4) is 11.8 Å². The molecule has 1 aromatic carbocycles. The Balaban J connectivity index is 2.81. The van der Waals surface area contributed by atoms with Crippen LogP contribution in [0.5, 0.6) is 5.75 Å². The van der Waals surface area contributed by atoms with Crippen LogP contribution < -0.4 is 0 Å². The van der Waals surface area contributed by atoms with Crippen LogP contribution in [0.2, 0.25) is 5.02 Å². The van der Waals surface area contributed by atoms with E-state index in [1.54, 1.807) is 12.1 Å². The Labute approximate surface area is 76.0 Å². The van der Waals surface area contributed by atoms with E-state index in [2.05, 4.69) is 0 Å². The molecule has 0 radical (unpaired) electrons. The maximum absolute atomic E-state index is 9.32. The Hall–Kier alpha value is -1.20. The van der Waals surface area contributed by atoms with Gasteiger partial charge < -0.3 is 5.11 Å². The molecule has 0 unspecified atom stereocenters. The average Bonchev–Trinajstić information content (AvgIpc) is 2.03. The molecule has 0 aliphatic carbocycles. The average molecular weight is 182 g/mol. The first kappa shape index (κ1) is 8.89. The normalized spacial score (nSPS) is 9.33. The molecule has 3 heteroatoms. The van der Waals surface area contributed by atoms with Gasteiger partial charge >= 0.3 is 0 Å². The highest BCUT2D eigenvalue weighted by Gasteiger charge is 2.00. The van der Waals surface area contributed by atoms with Gasteiger partial charge in [-0.2, -0.15) is 5.26 Å². The molecule has 0 bridgehead atoms. The minimum atomic E-state index is 0.165. The van der Waals surface area contributed by atoms with Crippen molar-refractivity contribution < 1.29 is 5.11 Å². The second kappa shape index (κ2) is 3.99. The zero-order valence-corrected chi connectivity index (χ0v) is 7.17. The van der Waals surface area contributed by atoms with E-state index in [0.717, 1.165) is 5.56 Å². The van der Waals surface area contributed by atoms with Crippen LogP contribution in [0.25, 0.3) is 0 Å². The van der Waals surface area contributed by atoms with Crippen molar-refractivity contribution in [3.63, 3.8) is 0 Å². The SMILES string of the molecule is N#CCCc1ccc(Cl)cc1O. The number of aromatic hydroxyl groups is 1. The van der Waals surface area contributed by atoms with Gasteiger partial charge in [0.25, 0.3) is 0 Å². The standard InChI is InChI=1S/C9H8ClNO/c10-8-4-3-7(2-1-5-11)9(12)6-8/h3-4,6,12H,1-2H2. The molecule has 0 saturated carbocycles. The number of benzene rings is 1. The summed E-state index contributed by atoms with van der Waals surface area (Å²) < 4.78 is 0. The van der Waals surface area contributed by atoms with Gasteiger partial charge in [0.1, 0.15) is 5.75 Å². The Kier molecular flexibility index (Phi) is 2.95. The fraction of sp³-hybridized carbons (Fsp3) is 0.222. The molecule has 0 heterocycles. The molecule has 0 spiro atoms. The Morgan fingerprint density at radius 2 is 2.25 bits per heavy atom. The molecule has 1 aromatic rings. The molecular weight excluding hydrogens is 174 g/mol. The molecule has 0 aliphatic rings. The topological polar surface area (TPSA) is 44.0 Å². The number of aryl methyl sites for hydroxylation is 1. The van der Waals surface area contributed by atoms with E-state index in [1.165, 1.54) is 6.07 Å². The molecule has 1 rings (SSSR count). The van der Waals surface area contributed by atoms with Gasteiger partial charge in [0.2, 0.25) is 0 Å². The van der Waals surface area contributed by atoms with Gasteiger partial charge in [0, 0.05) is 11.4 Å². The van der Waals surface area contributed by atoms with Crippen LogP contribution in [0.1, 0.15) is 12.0 Å². The number of nitriles is 1. The molecule has 0 saturated heterocycles. The fourth-order valence-electron chi connectivity index (χ4n) is 0.939. The third-order valence-corrected chi connectivity index (χ3v) is 1.79. The third-order valence-electron chi connectivity index (χ3n) is 1.55. The highest BCUT2D eigenvalue weighted by molar-refractivity contribution is 6.30. The fourth-order valence-corrected chi connectivity index (χ4v) is 1.11. The molecule has 1 N–H and O–H groups in total. The Bertz CT molecular complexity index is 317. The zero-order chi connectivity index (χ0) is 8.97. The molecule has 2 nitrogen and oxygen atoms in total. The Morgan fingerprint density at radius 1 is 1.50 bits per heavy atom. The first-order valence-electron chi connectivity index (χ1n) is 3.58. The van der Waals surface area contributed by atoms with Gasteiger partial charge in [0.05, 0.1) is 6.07 Å². The quantitative estimate of drug-likeness (QED) is 0.762. The maximum Gasteiger partial charge on any atom is 0.120 e. The first-order valence-corrected chi connectivity index (χ1v) is 3.96. The lowest BCUT2D eigenvalue weighted by Gasteiger charge is -2.01. The summed E-state index contributed by atoms with van der Waals surface area (Å²) in [6.07, 6.45) is 0.981. The second-order valence-electron chi connectivity index (χ2n) is 2.43. The lowest BCUT2D eigenvalue weighted by atomic mass is 10.1. The van der Waals surface area contributed by atoms with Crippen LogP contribution in [0, 0.1) is 11.3 Å². The van der Waals surface area contributed by atoms with Crippen molar-refractivity contribution in [1.29, 1.82) is 5.26 Å². The van der Waals surface area contributed by atoms with Crippen molar-refractivity contribution in [2.75, 3.05) is 0 Å². The number of hydrogen-bond acceptors (Lipinski definition) is 2. The maximum atomic E-state index is 9.32. The van der Waals surface area contributed by atoms with E-state index in [-0.39, 0.29) is 5.75 Å². The van der Waals surface area contributed by atoms with E-state index in [1.807, 2.05) is 6.07 Å². The number of nitrogens with zero attached hydrogens (tertiary/aromatic N) is 1. The molecule has 0 fully saturated rings. The summed E-state index contributed by atoms with van der Waals surface area (Å²) in [5, 5.41) is 18.1. The highest BCUT2D eigenvalue weighted by atomic mass is 35.5. The predicted molar refractivity (Wildman–Crippen MR) is 47.1 cm³/mol. The van der Waals surface area contributed by atoms with Crippen LogP contribution in [-0.4, -0.2) is 5.11 Å². The Morgan fingerprint density at radius 3 is 2.83 bits per heavy atom. The van der Waals surface area contributed by atoms with E-state index in [9.17, 15) is 5.11 Å². The number of rotatable bonds is 2. The van der Waals surface area contributed by atoms with E-state index >= 15 is 0 Å². The van der Waals surface area contributed by atoms with Gasteiger partial charge in [0.15, 0.2) is 0 Å². The summed E-state index contributed by atoms with van der Waals surface area (Å²) in [5.74, 6) is 0.165. The monoisotopic (exact) mass is 181 g/mol. The summed E-state index contributed by atoms with van der Waals surface area (Å²) in [4.78, 5) is 0. The van der Waals surface area contributed by atoms with Gasteiger partial charge in [-0.15, -0.1) is 0 Å². The van der Waals surface area contributed by atoms with Gasteiger partial charge in [-0.05, 0) is 24.1 Å². The molecule has 0 aromatic heterocycles. The van der Waals surface area contributed by atoms with Crippen molar-refractivity contribution in [3.05, 3.63) is 28.8 Å². The summed E-state index contributed by atoms with van der Waals surface area (Å²) >= 11 is 5.63. The van der Waals surface area contributed by atoms with Crippen LogP contribution in [-0.2, 0) is 6.42 Å². The van der Waals surface area contributed by atoms with Crippen molar-refractivity contribution in [1.82, 2.24) is 0 Å². The second-order valence-corrected chi connectivity index (χ2v) is 2.87. The number of phenolic OH excluding ortho intramolecular Hbond substituents is 1. The van der Waals surface area contributed by atoms with Gasteiger partial charge in [-0.3, -0.25) is 0 Å². The molecule has 0 atom stereocenters. The van der Waals surface area contributed by atoms with Crippen LogP contribution in [0.15, 0.2) is 18.2 Å². The van der Waals surface area contributed by atoms with Crippen LogP contribution in [0.3, 0.4) is 0 Å². The largest absolute Gasteiger partial charge is 0.508 e. The number of hydrogen-bond donors (Lipinski definition) is 1. The lowest BCUT2D eigenvalue weighted by Crippen LogP contribution is -1.83. The summed E-state index contributed by atoms with van der Waals surface area (Å²) in [6, 6.07) is 6.93.